The third kappa shape index (κ3) is 3.52. The lowest BCUT2D eigenvalue weighted by atomic mass is 10.2. The van der Waals surface area contributed by atoms with Crippen molar-refractivity contribution in [1.82, 2.24) is 14.8 Å². The highest BCUT2D eigenvalue weighted by molar-refractivity contribution is 9.10. The van der Waals surface area contributed by atoms with Gasteiger partial charge in [0.2, 0.25) is 0 Å². The highest BCUT2D eigenvalue weighted by atomic mass is 79.9. The zero-order valence-electron chi connectivity index (χ0n) is 11.8. The molecule has 2 aromatic heterocycles. The predicted octanol–water partition coefficient (Wildman–Crippen LogP) is 3.09. The van der Waals surface area contributed by atoms with Gasteiger partial charge in [0.05, 0.1) is 16.9 Å². The summed E-state index contributed by atoms with van der Waals surface area (Å²) in [4.78, 5) is 16.5. The van der Waals surface area contributed by atoms with Crippen molar-refractivity contribution in [3.8, 4) is 0 Å². The SMILES string of the molecule is CC(CNc1cnn(CC2CC2)c(=O)c1Br)c1nccs1. The van der Waals surface area contributed by atoms with Gasteiger partial charge in [-0.3, -0.25) is 4.79 Å². The number of aromatic nitrogens is 3. The monoisotopic (exact) mass is 368 g/mol. The Morgan fingerprint density at radius 3 is 3.05 bits per heavy atom. The normalized spacial score (nSPS) is 15.9. The molecule has 0 aromatic carbocycles. The highest BCUT2D eigenvalue weighted by Crippen LogP contribution is 2.30. The first-order chi connectivity index (χ1) is 10.1. The standard InChI is InChI=1S/C14H17BrN4OS/c1-9(13-16-4-5-21-13)6-17-11-7-18-19(8-10-2-3-10)14(20)12(11)15/h4-5,7,9-10,17H,2-3,6,8H2,1H3. The molecule has 5 nitrogen and oxygen atoms in total. The third-order valence-corrected chi connectivity index (χ3v) is 5.36. The number of hydrogen-bond acceptors (Lipinski definition) is 5. The molecule has 0 spiro atoms. The summed E-state index contributed by atoms with van der Waals surface area (Å²) in [5.74, 6) is 0.927. The number of hydrogen-bond donors (Lipinski definition) is 1. The van der Waals surface area contributed by atoms with Crippen molar-refractivity contribution in [2.24, 2.45) is 5.92 Å². The molecule has 1 fully saturated rings. The van der Waals surface area contributed by atoms with Crippen molar-refractivity contribution in [3.05, 3.63) is 37.6 Å². The van der Waals surface area contributed by atoms with Gasteiger partial charge in [0.25, 0.3) is 5.56 Å². The van der Waals surface area contributed by atoms with Crippen LogP contribution in [0.4, 0.5) is 5.69 Å². The lowest BCUT2D eigenvalue weighted by Crippen LogP contribution is -2.25. The third-order valence-electron chi connectivity index (χ3n) is 3.58. The zero-order chi connectivity index (χ0) is 14.8. The fraction of sp³-hybridized carbons (Fsp3) is 0.500. The van der Waals surface area contributed by atoms with Crippen LogP contribution in [-0.4, -0.2) is 21.3 Å². The Labute approximate surface area is 135 Å². The van der Waals surface area contributed by atoms with Crippen LogP contribution in [0.1, 0.15) is 30.7 Å². The number of nitrogens with one attached hydrogen (secondary N) is 1. The van der Waals surface area contributed by atoms with Crippen LogP contribution in [0.25, 0.3) is 0 Å². The minimum Gasteiger partial charge on any atom is -0.382 e. The molecular formula is C14H17BrN4OS. The number of anilines is 1. The van der Waals surface area contributed by atoms with Crippen LogP contribution in [0.3, 0.4) is 0 Å². The van der Waals surface area contributed by atoms with Crippen molar-refractivity contribution in [3.63, 3.8) is 0 Å². The van der Waals surface area contributed by atoms with Gasteiger partial charge >= 0.3 is 0 Å². The smallest absolute Gasteiger partial charge is 0.283 e. The molecular weight excluding hydrogens is 352 g/mol. The van der Waals surface area contributed by atoms with Crippen LogP contribution in [0.2, 0.25) is 0 Å². The van der Waals surface area contributed by atoms with Gasteiger partial charge in [-0.05, 0) is 34.7 Å². The average Bonchev–Trinajstić information content (AvgIpc) is 3.12. The van der Waals surface area contributed by atoms with Gasteiger partial charge < -0.3 is 5.32 Å². The zero-order valence-corrected chi connectivity index (χ0v) is 14.2. The second kappa shape index (κ2) is 6.27. The van der Waals surface area contributed by atoms with E-state index in [9.17, 15) is 4.79 Å². The van der Waals surface area contributed by atoms with Gasteiger partial charge in [-0.2, -0.15) is 5.10 Å². The Bertz CT molecular complexity index is 666. The van der Waals surface area contributed by atoms with Crippen LogP contribution in [0.5, 0.6) is 0 Å². The minimum absolute atomic E-state index is 0.0613. The maximum Gasteiger partial charge on any atom is 0.283 e. The predicted molar refractivity (Wildman–Crippen MR) is 87.9 cm³/mol. The first-order valence-electron chi connectivity index (χ1n) is 7.04. The lowest BCUT2D eigenvalue weighted by Gasteiger charge is -2.13. The molecule has 1 aliphatic carbocycles. The van der Waals surface area contributed by atoms with E-state index in [0.29, 0.717) is 16.3 Å². The quantitative estimate of drug-likeness (QED) is 0.850. The Hall–Kier alpha value is -1.21. The minimum atomic E-state index is -0.0613. The molecule has 0 amide bonds. The summed E-state index contributed by atoms with van der Waals surface area (Å²) in [5.41, 5.74) is 0.684. The second-order valence-corrected chi connectivity index (χ2v) is 7.17. The van der Waals surface area contributed by atoms with Crippen LogP contribution in [0, 0.1) is 5.92 Å². The van der Waals surface area contributed by atoms with E-state index in [0.717, 1.165) is 23.8 Å². The van der Waals surface area contributed by atoms with Crippen LogP contribution in [0.15, 0.2) is 27.0 Å². The molecule has 3 rings (SSSR count). The molecule has 1 saturated carbocycles. The van der Waals surface area contributed by atoms with E-state index in [1.807, 2.05) is 11.6 Å². The van der Waals surface area contributed by atoms with Crippen molar-refractivity contribution >= 4 is 33.0 Å². The maximum absolute atomic E-state index is 12.2. The second-order valence-electron chi connectivity index (χ2n) is 5.46. The van der Waals surface area contributed by atoms with Gasteiger partial charge in [-0.15, -0.1) is 11.3 Å². The van der Waals surface area contributed by atoms with E-state index >= 15 is 0 Å². The molecule has 1 unspecified atom stereocenters. The lowest BCUT2D eigenvalue weighted by molar-refractivity contribution is 0.531. The number of thiazole rings is 1. The van der Waals surface area contributed by atoms with Gasteiger partial charge in [0.15, 0.2) is 0 Å². The van der Waals surface area contributed by atoms with E-state index in [4.69, 9.17) is 0 Å². The maximum atomic E-state index is 12.2. The number of rotatable bonds is 6. The summed E-state index contributed by atoms with van der Waals surface area (Å²) in [6.45, 7) is 3.56. The van der Waals surface area contributed by atoms with Crippen molar-refractivity contribution in [2.75, 3.05) is 11.9 Å². The Morgan fingerprint density at radius 1 is 1.57 bits per heavy atom. The largest absolute Gasteiger partial charge is 0.382 e. The summed E-state index contributed by atoms with van der Waals surface area (Å²) in [7, 11) is 0. The van der Waals surface area contributed by atoms with Crippen LogP contribution >= 0.6 is 27.3 Å². The molecule has 112 valence electrons. The summed E-state index contributed by atoms with van der Waals surface area (Å²) in [6.07, 6.45) is 5.95. The van der Waals surface area contributed by atoms with Gasteiger partial charge in [-0.25, -0.2) is 9.67 Å². The van der Waals surface area contributed by atoms with Crippen molar-refractivity contribution in [2.45, 2.75) is 32.2 Å². The van der Waals surface area contributed by atoms with E-state index < -0.39 is 0 Å². The van der Waals surface area contributed by atoms with Gasteiger partial charge in [-0.1, -0.05) is 6.92 Å². The molecule has 0 bridgehead atoms. The van der Waals surface area contributed by atoms with E-state index in [1.54, 1.807) is 22.2 Å². The number of halogens is 1. The van der Waals surface area contributed by atoms with Gasteiger partial charge in [0, 0.05) is 30.6 Å². The summed E-state index contributed by atoms with van der Waals surface area (Å²) in [5, 5.41) is 10.6. The summed E-state index contributed by atoms with van der Waals surface area (Å²) < 4.78 is 2.11. The van der Waals surface area contributed by atoms with E-state index in [-0.39, 0.29) is 5.56 Å². The van der Waals surface area contributed by atoms with E-state index in [2.05, 4.69) is 38.3 Å². The van der Waals surface area contributed by atoms with Gasteiger partial charge in [0.1, 0.15) is 4.47 Å². The van der Waals surface area contributed by atoms with Crippen LogP contribution in [-0.2, 0) is 6.54 Å². The molecule has 1 aliphatic rings. The number of nitrogens with zero attached hydrogens (tertiary/aromatic N) is 3. The first kappa shape index (κ1) is 14.7. The molecule has 0 aliphatic heterocycles. The molecule has 2 heterocycles. The first-order valence-corrected chi connectivity index (χ1v) is 8.71. The molecule has 21 heavy (non-hydrogen) atoms. The van der Waals surface area contributed by atoms with Crippen molar-refractivity contribution < 1.29 is 0 Å². The molecule has 0 radical (unpaired) electrons. The van der Waals surface area contributed by atoms with E-state index in [1.165, 1.54) is 12.8 Å². The fourth-order valence-corrected chi connectivity index (χ4v) is 3.24. The summed E-state index contributed by atoms with van der Waals surface area (Å²) >= 11 is 5.04. The molecule has 2 aromatic rings. The molecule has 0 saturated heterocycles. The highest BCUT2D eigenvalue weighted by Gasteiger charge is 2.23. The Kier molecular flexibility index (Phi) is 4.40. The van der Waals surface area contributed by atoms with Crippen LogP contribution < -0.4 is 10.9 Å². The summed E-state index contributed by atoms with van der Waals surface area (Å²) in [6, 6.07) is 0. The molecule has 7 heteroatoms. The topological polar surface area (TPSA) is 59.8 Å². The molecule has 1 atom stereocenters. The Balaban J connectivity index is 1.68. The molecule has 1 N–H and O–H groups in total. The van der Waals surface area contributed by atoms with Crippen molar-refractivity contribution in [1.29, 1.82) is 0 Å². The fourth-order valence-electron chi connectivity index (χ4n) is 2.09. The Morgan fingerprint density at radius 2 is 2.38 bits per heavy atom. The average molecular weight is 369 g/mol.